The highest BCUT2D eigenvalue weighted by atomic mass is 16.1. The molecule has 1 aliphatic rings. The molecular formula is C10H14N4O. The first-order valence-corrected chi connectivity index (χ1v) is 4.76. The number of Topliss-reactive ketones (excluding diaryl/α,β-unsaturated/α-hetero) is 1. The van der Waals surface area contributed by atoms with E-state index in [0.29, 0.717) is 6.54 Å². The molecule has 5 nitrogen and oxygen atoms in total. The van der Waals surface area contributed by atoms with Crippen LogP contribution >= 0.6 is 0 Å². The van der Waals surface area contributed by atoms with Gasteiger partial charge in [0.1, 0.15) is 6.17 Å². The Morgan fingerprint density at radius 1 is 1.53 bits per heavy atom. The van der Waals surface area contributed by atoms with E-state index in [0.717, 1.165) is 16.9 Å². The van der Waals surface area contributed by atoms with Crippen molar-refractivity contribution in [1.82, 2.24) is 5.43 Å². The van der Waals surface area contributed by atoms with Crippen molar-refractivity contribution in [3.8, 4) is 0 Å². The molecule has 1 atom stereocenters. The predicted molar refractivity (Wildman–Crippen MR) is 59.1 cm³/mol. The van der Waals surface area contributed by atoms with Crippen molar-refractivity contribution in [2.24, 2.45) is 5.73 Å². The smallest absolute Gasteiger partial charge is 0.186 e. The topological polar surface area (TPSA) is 84.4 Å². The molecule has 80 valence electrons. The molecule has 0 spiro atoms. The summed E-state index contributed by atoms with van der Waals surface area (Å²) in [6, 6.07) is 5.61. The van der Waals surface area contributed by atoms with Gasteiger partial charge in [0.25, 0.3) is 0 Å². The zero-order chi connectivity index (χ0) is 11.0. The summed E-state index contributed by atoms with van der Waals surface area (Å²) in [7, 11) is 0. The van der Waals surface area contributed by atoms with Gasteiger partial charge in [0.15, 0.2) is 5.78 Å². The Labute approximate surface area is 88.0 Å². The van der Waals surface area contributed by atoms with Gasteiger partial charge < -0.3 is 11.5 Å². The molecule has 0 aliphatic carbocycles. The lowest BCUT2D eigenvalue weighted by Gasteiger charge is -2.18. The quantitative estimate of drug-likeness (QED) is 0.552. The zero-order valence-corrected chi connectivity index (χ0v) is 8.53. The Hall–Kier alpha value is -1.59. The van der Waals surface area contributed by atoms with Crippen LogP contribution in [0.5, 0.6) is 0 Å². The molecule has 1 aromatic rings. The fourth-order valence-corrected chi connectivity index (χ4v) is 1.53. The minimum atomic E-state index is -0.595. The van der Waals surface area contributed by atoms with Gasteiger partial charge >= 0.3 is 0 Å². The highest BCUT2D eigenvalue weighted by Gasteiger charge is 2.27. The lowest BCUT2D eigenvalue weighted by molar-refractivity contribution is -0.117. The summed E-state index contributed by atoms with van der Waals surface area (Å²) in [6.07, 6.45) is -0.595. The highest BCUT2D eigenvalue weighted by molar-refractivity contribution is 5.90. The number of nitrogens with two attached hydrogens (primary N) is 2. The molecular weight excluding hydrogens is 192 g/mol. The van der Waals surface area contributed by atoms with Gasteiger partial charge in [-0.3, -0.25) is 9.80 Å². The van der Waals surface area contributed by atoms with Crippen molar-refractivity contribution < 1.29 is 4.79 Å². The fourth-order valence-electron chi connectivity index (χ4n) is 1.53. The number of hydrogen-bond acceptors (Lipinski definition) is 5. The molecule has 5 N–H and O–H groups in total. The maximum atomic E-state index is 11.3. The van der Waals surface area contributed by atoms with Gasteiger partial charge in [-0.15, -0.1) is 0 Å². The largest absolute Gasteiger partial charge is 0.399 e. The van der Waals surface area contributed by atoms with Crippen LogP contribution in [0.3, 0.4) is 0 Å². The first kappa shape index (κ1) is 9.95. The van der Waals surface area contributed by atoms with Crippen molar-refractivity contribution >= 4 is 17.2 Å². The first-order valence-electron chi connectivity index (χ1n) is 4.76. The number of carbonyl (C=O) groups is 1. The fraction of sp³-hybridized carbons (Fsp3) is 0.300. The van der Waals surface area contributed by atoms with Gasteiger partial charge in [0, 0.05) is 5.69 Å². The van der Waals surface area contributed by atoms with E-state index < -0.39 is 6.17 Å². The molecule has 2 rings (SSSR count). The van der Waals surface area contributed by atoms with Gasteiger partial charge in [-0.1, -0.05) is 0 Å². The number of nitrogen functional groups attached to an aromatic ring is 1. The van der Waals surface area contributed by atoms with Crippen LogP contribution in [0, 0.1) is 6.92 Å². The van der Waals surface area contributed by atoms with Crippen LogP contribution in [0.15, 0.2) is 18.2 Å². The molecule has 0 radical (unpaired) electrons. The summed E-state index contributed by atoms with van der Waals surface area (Å²) in [5, 5.41) is 1.74. The van der Waals surface area contributed by atoms with E-state index >= 15 is 0 Å². The summed E-state index contributed by atoms with van der Waals surface area (Å²) >= 11 is 0. The average molecular weight is 206 g/mol. The van der Waals surface area contributed by atoms with E-state index in [1.54, 1.807) is 5.01 Å². The number of nitrogens with zero attached hydrogens (tertiary/aromatic N) is 1. The van der Waals surface area contributed by atoms with Gasteiger partial charge in [-0.25, -0.2) is 5.43 Å². The van der Waals surface area contributed by atoms with Crippen molar-refractivity contribution in [3.63, 3.8) is 0 Å². The molecule has 1 aromatic carbocycles. The monoisotopic (exact) mass is 206 g/mol. The Balaban J connectivity index is 2.24. The second-order valence-corrected chi connectivity index (χ2v) is 3.70. The maximum Gasteiger partial charge on any atom is 0.186 e. The zero-order valence-electron chi connectivity index (χ0n) is 8.53. The van der Waals surface area contributed by atoms with E-state index in [1.807, 2.05) is 25.1 Å². The van der Waals surface area contributed by atoms with E-state index in [-0.39, 0.29) is 5.78 Å². The second-order valence-electron chi connectivity index (χ2n) is 3.70. The van der Waals surface area contributed by atoms with Gasteiger partial charge in [-0.2, -0.15) is 0 Å². The number of hydrogen-bond donors (Lipinski definition) is 3. The number of aryl methyl sites for hydroxylation is 1. The number of benzene rings is 1. The molecule has 1 unspecified atom stereocenters. The summed E-state index contributed by atoms with van der Waals surface area (Å²) in [5.74, 6) is -0.00974. The van der Waals surface area contributed by atoms with Crippen molar-refractivity contribution in [2.45, 2.75) is 13.1 Å². The molecule has 5 heteroatoms. The van der Waals surface area contributed by atoms with Crippen molar-refractivity contribution in [2.75, 3.05) is 17.3 Å². The number of anilines is 2. The third kappa shape index (κ3) is 1.79. The minimum absolute atomic E-state index is 0.00974. The third-order valence-electron chi connectivity index (χ3n) is 2.52. The first-order chi connectivity index (χ1) is 7.08. The number of nitrogens with one attached hydrogen (secondary N) is 1. The Morgan fingerprint density at radius 2 is 2.27 bits per heavy atom. The maximum absolute atomic E-state index is 11.3. The standard InChI is InChI=1S/C10H14N4O/c1-6-4-7(2-3-8(6)11)14-5-9(15)10(12)13-14/h2-4,10,13H,5,11-12H2,1H3. The predicted octanol–water partition coefficient (Wildman–Crippen LogP) is -0.244. The Kier molecular flexibility index (Phi) is 2.34. The van der Waals surface area contributed by atoms with Gasteiger partial charge in [0.2, 0.25) is 0 Å². The van der Waals surface area contributed by atoms with Crippen LogP contribution in [0.2, 0.25) is 0 Å². The third-order valence-corrected chi connectivity index (χ3v) is 2.52. The molecule has 15 heavy (non-hydrogen) atoms. The molecule has 1 fully saturated rings. The van der Waals surface area contributed by atoms with Crippen LogP contribution < -0.4 is 21.9 Å². The second kappa shape index (κ2) is 3.52. The number of ketones is 1. The van der Waals surface area contributed by atoms with Crippen LogP contribution in [0.4, 0.5) is 11.4 Å². The summed E-state index contributed by atoms with van der Waals surface area (Å²) in [4.78, 5) is 11.3. The van der Waals surface area contributed by atoms with Crippen LogP contribution in [0.1, 0.15) is 5.56 Å². The average Bonchev–Trinajstić information content (AvgIpc) is 2.52. The van der Waals surface area contributed by atoms with E-state index in [4.69, 9.17) is 11.5 Å². The van der Waals surface area contributed by atoms with E-state index in [2.05, 4.69) is 5.43 Å². The van der Waals surface area contributed by atoms with Crippen molar-refractivity contribution in [1.29, 1.82) is 0 Å². The van der Waals surface area contributed by atoms with Gasteiger partial charge in [-0.05, 0) is 30.7 Å². The SMILES string of the molecule is Cc1cc(N2CC(=O)C(N)N2)ccc1N. The Morgan fingerprint density at radius 3 is 2.80 bits per heavy atom. The lowest BCUT2D eigenvalue weighted by atomic mass is 10.2. The summed E-state index contributed by atoms with van der Waals surface area (Å²) in [6.45, 7) is 2.22. The van der Waals surface area contributed by atoms with E-state index in [9.17, 15) is 4.79 Å². The molecule has 1 heterocycles. The molecule has 1 aliphatic heterocycles. The molecule has 0 saturated carbocycles. The van der Waals surface area contributed by atoms with Crippen LogP contribution in [0.25, 0.3) is 0 Å². The van der Waals surface area contributed by atoms with Crippen LogP contribution in [-0.2, 0) is 4.79 Å². The van der Waals surface area contributed by atoms with Crippen molar-refractivity contribution in [3.05, 3.63) is 23.8 Å². The minimum Gasteiger partial charge on any atom is -0.399 e. The Bertz CT molecular complexity index is 404. The molecule has 0 amide bonds. The summed E-state index contributed by atoms with van der Waals surface area (Å²) < 4.78 is 0. The molecule has 0 bridgehead atoms. The normalized spacial score (nSPS) is 21.1. The number of rotatable bonds is 1. The highest BCUT2D eigenvalue weighted by Crippen LogP contribution is 2.20. The lowest BCUT2D eigenvalue weighted by Crippen LogP contribution is -2.41. The number of carbonyl (C=O) groups excluding carboxylic acids is 1. The molecule has 1 saturated heterocycles. The molecule has 0 aromatic heterocycles. The van der Waals surface area contributed by atoms with Crippen LogP contribution in [-0.4, -0.2) is 18.5 Å². The van der Waals surface area contributed by atoms with E-state index in [1.165, 1.54) is 0 Å². The van der Waals surface area contributed by atoms with Gasteiger partial charge in [0.05, 0.1) is 12.2 Å². The number of hydrazine groups is 1. The summed E-state index contributed by atoms with van der Waals surface area (Å²) in [5.41, 5.74) is 16.8.